The molecule has 0 bridgehead atoms. The third kappa shape index (κ3) is 10.0. The molecule has 0 aliphatic rings. The molecule has 5 heteroatoms. The molecule has 0 heterocycles. The molecule has 3 N–H and O–H groups in total. The summed E-state index contributed by atoms with van der Waals surface area (Å²) in [5, 5.41) is 14.4. The quantitative estimate of drug-likeness (QED) is 0.499. The van der Waals surface area contributed by atoms with E-state index < -0.39 is 0 Å². The van der Waals surface area contributed by atoms with Gasteiger partial charge in [0.2, 0.25) is 5.91 Å². The van der Waals surface area contributed by atoms with Crippen molar-refractivity contribution in [1.82, 2.24) is 10.6 Å². The van der Waals surface area contributed by atoms with E-state index >= 15 is 0 Å². The standard InChI is InChI=1S/C10H22N2O2S/c1-9(8-10(14)11-2)12-4-7-15-6-3-5-13/h9,12-13H,3-8H2,1-2H3,(H,11,14). The fraction of sp³-hybridized carbons (Fsp3) is 0.900. The van der Waals surface area contributed by atoms with E-state index in [9.17, 15) is 4.79 Å². The highest BCUT2D eigenvalue weighted by Gasteiger charge is 2.05. The zero-order valence-corrected chi connectivity index (χ0v) is 10.4. The summed E-state index contributed by atoms with van der Waals surface area (Å²) in [5.41, 5.74) is 0. The van der Waals surface area contributed by atoms with Crippen LogP contribution in [-0.4, -0.2) is 48.8 Å². The first-order valence-electron chi connectivity index (χ1n) is 5.33. The van der Waals surface area contributed by atoms with Gasteiger partial charge in [0.15, 0.2) is 0 Å². The van der Waals surface area contributed by atoms with Crippen molar-refractivity contribution in [2.75, 3.05) is 31.7 Å². The van der Waals surface area contributed by atoms with Crippen molar-refractivity contribution in [3.05, 3.63) is 0 Å². The highest BCUT2D eigenvalue weighted by molar-refractivity contribution is 7.99. The lowest BCUT2D eigenvalue weighted by molar-refractivity contribution is -0.121. The van der Waals surface area contributed by atoms with Crippen LogP contribution >= 0.6 is 11.8 Å². The highest BCUT2D eigenvalue weighted by Crippen LogP contribution is 2.00. The molecular weight excluding hydrogens is 212 g/mol. The Balaban J connectivity index is 3.23. The second-order valence-corrected chi connectivity index (χ2v) is 4.65. The molecule has 0 fully saturated rings. The third-order valence-electron chi connectivity index (χ3n) is 1.96. The fourth-order valence-electron chi connectivity index (χ4n) is 1.10. The van der Waals surface area contributed by atoms with Gasteiger partial charge in [-0.25, -0.2) is 0 Å². The molecular formula is C10H22N2O2S. The van der Waals surface area contributed by atoms with Gasteiger partial charge in [-0.15, -0.1) is 0 Å². The first-order chi connectivity index (χ1) is 7.20. The Morgan fingerprint density at radius 1 is 1.47 bits per heavy atom. The van der Waals surface area contributed by atoms with Crippen LogP contribution in [-0.2, 0) is 4.79 Å². The van der Waals surface area contributed by atoms with Crippen molar-refractivity contribution in [1.29, 1.82) is 0 Å². The molecule has 90 valence electrons. The van der Waals surface area contributed by atoms with Crippen LogP contribution in [0.5, 0.6) is 0 Å². The molecule has 0 radical (unpaired) electrons. The Morgan fingerprint density at radius 2 is 2.20 bits per heavy atom. The number of thioether (sulfide) groups is 1. The molecule has 0 saturated carbocycles. The molecule has 1 amide bonds. The van der Waals surface area contributed by atoms with E-state index in [0.717, 1.165) is 24.5 Å². The summed E-state index contributed by atoms with van der Waals surface area (Å²) in [6.07, 6.45) is 1.39. The Bertz CT molecular complexity index is 168. The number of hydrogen-bond acceptors (Lipinski definition) is 4. The van der Waals surface area contributed by atoms with Crippen molar-refractivity contribution >= 4 is 17.7 Å². The first kappa shape index (κ1) is 14.7. The Labute approximate surface area is 96.2 Å². The average Bonchev–Trinajstić information content (AvgIpc) is 2.23. The molecule has 4 nitrogen and oxygen atoms in total. The lowest BCUT2D eigenvalue weighted by Crippen LogP contribution is -2.33. The van der Waals surface area contributed by atoms with Gasteiger partial charge in [0.05, 0.1) is 0 Å². The first-order valence-corrected chi connectivity index (χ1v) is 6.48. The lowest BCUT2D eigenvalue weighted by Gasteiger charge is -2.12. The van der Waals surface area contributed by atoms with Crippen LogP contribution in [0.2, 0.25) is 0 Å². The number of nitrogens with one attached hydrogen (secondary N) is 2. The molecule has 1 unspecified atom stereocenters. The van der Waals surface area contributed by atoms with Gasteiger partial charge >= 0.3 is 0 Å². The zero-order valence-electron chi connectivity index (χ0n) is 9.58. The van der Waals surface area contributed by atoms with Crippen LogP contribution in [0.4, 0.5) is 0 Å². The van der Waals surface area contributed by atoms with Gasteiger partial charge < -0.3 is 15.7 Å². The number of amides is 1. The molecule has 15 heavy (non-hydrogen) atoms. The van der Waals surface area contributed by atoms with E-state index in [2.05, 4.69) is 10.6 Å². The summed E-state index contributed by atoms with van der Waals surface area (Å²) < 4.78 is 0. The molecule has 1 atom stereocenters. The van der Waals surface area contributed by atoms with E-state index in [-0.39, 0.29) is 18.6 Å². The van der Waals surface area contributed by atoms with E-state index in [4.69, 9.17) is 5.11 Å². The molecule has 0 aliphatic carbocycles. The largest absolute Gasteiger partial charge is 0.396 e. The van der Waals surface area contributed by atoms with Gasteiger partial charge in [0.1, 0.15) is 0 Å². The molecule has 0 aromatic rings. The Hall–Kier alpha value is -0.260. The summed E-state index contributed by atoms with van der Waals surface area (Å²) in [6.45, 7) is 3.19. The lowest BCUT2D eigenvalue weighted by atomic mass is 10.2. The number of rotatable bonds is 9. The highest BCUT2D eigenvalue weighted by atomic mass is 32.2. The van der Waals surface area contributed by atoms with Crippen LogP contribution < -0.4 is 10.6 Å². The van der Waals surface area contributed by atoms with Gasteiger partial charge in [-0.2, -0.15) is 11.8 Å². The molecule has 0 aromatic carbocycles. The van der Waals surface area contributed by atoms with Crippen LogP contribution in [0.25, 0.3) is 0 Å². The number of aliphatic hydroxyl groups is 1. The number of hydrogen-bond donors (Lipinski definition) is 3. The van der Waals surface area contributed by atoms with E-state index in [0.29, 0.717) is 6.42 Å². The molecule has 0 aromatic heterocycles. The van der Waals surface area contributed by atoms with Crippen molar-refractivity contribution in [3.63, 3.8) is 0 Å². The zero-order chi connectivity index (χ0) is 11.5. The summed E-state index contributed by atoms with van der Waals surface area (Å²) in [5.74, 6) is 2.10. The van der Waals surface area contributed by atoms with Crippen LogP contribution in [0.3, 0.4) is 0 Å². The smallest absolute Gasteiger partial charge is 0.221 e. The maximum Gasteiger partial charge on any atom is 0.221 e. The summed E-state index contributed by atoms with van der Waals surface area (Å²) in [6, 6.07) is 0.225. The van der Waals surface area contributed by atoms with Crippen molar-refractivity contribution in [3.8, 4) is 0 Å². The van der Waals surface area contributed by atoms with Gasteiger partial charge in [-0.3, -0.25) is 4.79 Å². The monoisotopic (exact) mass is 234 g/mol. The maximum atomic E-state index is 11.0. The van der Waals surface area contributed by atoms with E-state index in [1.807, 2.05) is 18.7 Å². The molecule has 0 saturated heterocycles. The van der Waals surface area contributed by atoms with Gasteiger partial charge in [0.25, 0.3) is 0 Å². The van der Waals surface area contributed by atoms with Gasteiger partial charge in [0, 0.05) is 38.4 Å². The number of carbonyl (C=O) groups is 1. The third-order valence-corrected chi connectivity index (χ3v) is 3.03. The van der Waals surface area contributed by atoms with E-state index in [1.54, 1.807) is 7.05 Å². The van der Waals surface area contributed by atoms with Crippen LogP contribution in [0.15, 0.2) is 0 Å². The molecule has 0 rings (SSSR count). The SMILES string of the molecule is CNC(=O)CC(C)NCCSCCCO. The second kappa shape index (κ2) is 10.3. The summed E-state index contributed by atoms with van der Waals surface area (Å²) >= 11 is 1.82. The van der Waals surface area contributed by atoms with Crippen molar-refractivity contribution < 1.29 is 9.90 Å². The second-order valence-electron chi connectivity index (χ2n) is 3.42. The average molecular weight is 234 g/mol. The van der Waals surface area contributed by atoms with Gasteiger partial charge in [-0.05, 0) is 19.1 Å². The number of aliphatic hydroxyl groups excluding tert-OH is 1. The minimum atomic E-state index is 0.0722. The van der Waals surface area contributed by atoms with E-state index in [1.165, 1.54) is 0 Å². The van der Waals surface area contributed by atoms with Crippen LogP contribution in [0.1, 0.15) is 19.8 Å². The summed E-state index contributed by atoms with van der Waals surface area (Å²) in [7, 11) is 1.65. The summed E-state index contributed by atoms with van der Waals surface area (Å²) in [4.78, 5) is 11.0. The Kier molecular flexibility index (Phi) is 10.1. The van der Waals surface area contributed by atoms with Crippen molar-refractivity contribution in [2.24, 2.45) is 0 Å². The minimum absolute atomic E-state index is 0.0722. The van der Waals surface area contributed by atoms with Crippen LogP contribution in [0, 0.1) is 0 Å². The fourth-order valence-corrected chi connectivity index (χ4v) is 1.90. The minimum Gasteiger partial charge on any atom is -0.396 e. The van der Waals surface area contributed by atoms with Gasteiger partial charge in [-0.1, -0.05) is 0 Å². The maximum absolute atomic E-state index is 11.0. The predicted molar refractivity (Wildman–Crippen MR) is 65.2 cm³/mol. The normalized spacial score (nSPS) is 12.5. The molecule has 0 spiro atoms. The Morgan fingerprint density at radius 3 is 2.80 bits per heavy atom. The predicted octanol–water partition coefficient (Wildman–Crippen LogP) is 0.216. The number of carbonyl (C=O) groups excluding carboxylic acids is 1. The molecule has 0 aliphatic heterocycles. The van der Waals surface area contributed by atoms with Crippen molar-refractivity contribution in [2.45, 2.75) is 25.8 Å². The topological polar surface area (TPSA) is 61.4 Å².